The molecule has 2 rings (SSSR count). The smallest absolute Gasteiger partial charge is 0.221 e. The molecule has 0 aliphatic carbocycles. The molecule has 0 unspecified atom stereocenters. The topological polar surface area (TPSA) is 48.1 Å². The molecule has 0 saturated heterocycles. The minimum Gasteiger partial charge on any atom is -0.437 e. The first-order valence-corrected chi connectivity index (χ1v) is 5.60. The summed E-state index contributed by atoms with van der Waals surface area (Å²) in [6.07, 6.45) is 1.67. The zero-order valence-electron chi connectivity index (χ0n) is 9.70. The van der Waals surface area contributed by atoms with Crippen LogP contribution in [0.2, 0.25) is 5.02 Å². The molecule has 0 spiro atoms. The van der Waals surface area contributed by atoms with E-state index in [1.165, 1.54) is 0 Å². The maximum absolute atomic E-state index is 6.07. The average Bonchev–Trinajstić information content (AvgIpc) is 2.27. The van der Waals surface area contributed by atoms with Gasteiger partial charge in [-0.1, -0.05) is 17.7 Å². The van der Waals surface area contributed by atoms with Crippen LogP contribution in [-0.2, 0) is 0 Å². The molecule has 0 atom stereocenters. The van der Waals surface area contributed by atoms with Gasteiger partial charge in [-0.2, -0.15) is 0 Å². The van der Waals surface area contributed by atoms with E-state index in [0.29, 0.717) is 22.3 Å². The van der Waals surface area contributed by atoms with Gasteiger partial charge in [0.25, 0.3) is 0 Å². The fraction of sp³-hybridized carbons (Fsp3) is 0.154. The van der Waals surface area contributed by atoms with E-state index in [-0.39, 0.29) is 0 Å². The highest BCUT2D eigenvalue weighted by atomic mass is 35.5. The Labute approximate surface area is 105 Å². The van der Waals surface area contributed by atoms with Gasteiger partial charge in [-0.05, 0) is 37.1 Å². The molecular formula is C13H13ClN2O. The van der Waals surface area contributed by atoms with Gasteiger partial charge in [0, 0.05) is 18.0 Å². The van der Waals surface area contributed by atoms with Crippen molar-refractivity contribution in [1.29, 1.82) is 0 Å². The van der Waals surface area contributed by atoms with Crippen LogP contribution in [0.3, 0.4) is 0 Å². The number of nitrogen functional groups attached to an aromatic ring is 1. The van der Waals surface area contributed by atoms with Gasteiger partial charge >= 0.3 is 0 Å². The number of anilines is 1. The van der Waals surface area contributed by atoms with Crippen molar-refractivity contribution in [2.24, 2.45) is 0 Å². The van der Waals surface area contributed by atoms with Gasteiger partial charge in [-0.15, -0.1) is 0 Å². The van der Waals surface area contributed by atoms with Crippen LogP contribution in [0.5, 0.6) is 11.6 Å². The predicted molar refractivity (Wildman–Crippen MR) is 69.6 cm³/mol. The van der Waals surface area contributed by atoms with E-state index in [1.54, 1.807) is 12.3 Å². The minimum atomic E-state index is 0.443. The number of nitrogens with zero attached hydrogens (tertiary/aromatic N) is 1. The molecule has 0 radical (unpaired) electrons. The lowest BCUT2D eigenvalue weighted by Crippen LogP contribution is -1.94. The number of hydrogen-bond acceptors (Lipinski definition) is 3. The molecule has 1 aromatic heterocycles. The van der Waals surface area contributed by atoms with E-state index in [4.69, 9.17) is 22.1 Å². The lowest BCUT2D eigenvalue weighted by atomic mass is 10.2. The van der Waals surface area contributed by atoms with Gasteiger partial charge in [0.2, 0.25) is 5.88 Å². The van der Waals surface area contributed by atoms with Crippen molar-refractivity contribution in [3.05, 3.63) is 46.6 Å². The highest BCUT2D eigenvalue weighted by molar-refractivity contribution is 6.32. The summed E-state index contributed by atoms with van der Waals surface area (Å²) >= 11 is 6.07. The van der Waals surface area contributed by atoms with E-state index in [0.717, 1.165) is 11.1 Å². The number of ether oxygens (including phenoxy) is 1. The minimum absolute atomic E-state index is 0.443. The molecular weight excluding hydrogens is 236 g/mol. The van der Waals surface area contributed by atoms with Gasteiger partial charge in [0.15, 0.2) is 0 Å². The van der Waals surface area contributed by atoms with E-state index in [1.807, 2.05) is 32.0 Å². The molecule has 4 heteroatoms. The Kier molecular flexibility index (Phi) is 3.20. The maximum Gasteiger partial charge on any atom is 0.221 e. The lowest BCUT2D eigenvalue weighted by molar-refractivity contribution is 0.463. The normalized spacial score (nSPS) is 10.3. The van der Waals surface area contributed by atoms with Gasteiger partial charge in [-0.3, -0.25) is 0 Å². The second-order valence-electron chi connectivity index (χ2n) is 3.92. The lowest BCUT2D eigenvalue weighted by Gasteiger charge is -2.08. The Morgan fingerprint density at radius 1 is 1.24 bits per heavy atom. The number of halogens is 1. The molecule has 1 heterocycles. The summed E-state index contributed by atoms with van der Waals surface area (Å²) in [5.41, 5.74) is 8.44. The van der Waals surface area contributed by atoms with Gasteiger partial charge in [0.05, 0.1) is 5.02 Å². The quantitative estimate of drug-likeness (QED) is 0.881. The molecule has 3 nitrogen and oxygen atoms in total. The Morgan fingerprint density at radius 3 is 2.65 bits per heavy atom. The van der Waals surface area contributed by atoms with Crippen molar-refractivity contribution < 1.29 is 4.74 Å². The number of aryl methyl sites for hydroxylation is 2. The summed E-state index contributed by atoms with van der Waals surface area (Å²) in [7, 11) is 0. The van der Waals surface area contributed by atoms with Crippen LogP contribution in [0.1, 0.15) is 11.1 Å². The van der Waals surface area contributed by atoms with E-state index < -0.39 is 0 Å². The summed E-state index contributed by atoms with van der Waals surface area (Å²) in [6, 6.07) is 7.27. The molecule has 2 aromatic rings. The molecule has 1 aromatic carbocycles. The monoisotopic (exact) mass is 248 g/mol. The number of rotatable bonds is 2. The number of benzene rings is 1. The van der Waals surface area contributed by atoms with Crippen molar-refractivity contribution in [3.8, 4) is 11.6 Å². The number of nitrogens with two attached hydrogens (primary N) is 1. The van der Waals surface area contributed by atoms with Crippen LogP contribution in [-0.4, -0.2) is 4.98 Å². The van der Waals surface area contributed by atoms with E-state index >= 15 is 0 Å². The largest absolute Gasteiger partial charge is 0.437 e. The van der Waals surface area contributed by atoms with Crippen molar-refractivity contribution in [3.63, 3.8) is 0 Å². The van der Waals surface area contributed by atoms with Crippen LogP contribution in [0, 0.1) is 13.8 Å². The summed E-state index contributed by atoms with van der Waals surface area (Å²) in [5.74, 6) is 1.02. The molecule has 0 bridgehead atoms. The van der Waals surface area contributed by atoms with E-state index in [2.05, 4.69) is 4.98 Å². The third kappa shape index (κ3) is 2.68. The molecule has 0 aliphatic rings. The van der Waals surface area contributed by atoms with Crippen molar-refractivity contribution in [2.75, 3.05) is 5.73 Å². The zero-order chi connectivity index (χ0) is 12.4. The standard InChI is InChI=1S/C13H13ClN2O/c1-8-3-4-12(10(14)5-8)17-13-6-11(15)9(2)7-16-13/h3-7H,1-2H3,(H2,15,16). The first kappa shape index (κ1) is 11.7. The van der Waals surface area contributed by atoms with Crippen LogP contribution in [0.15, 0.2) is 30.5 Å². The summed E-state index contributed by atoms with van der Waals surface area (Å²) < 4.78 is 5.58. The molecule has 0 saturated carbocycles. The highest BCUT2D eigenvalue weighted by Gasteiger charge is 2.05. The van der Waals surface area contributed by atoms with E-state index in [9.17, 15) is 0 Å². The second-order valence-corrected chi connectivity index (χ2v) is 4.32. The Hall–Kier alpha value is -1.74. The summed E-state index contributed by atoms with van der Waals surface area (Å²) in [4.78, 5) is 4.14. The van der Waals surface area contributed by atoms with Crippen molar-refractivity contribution in [2.45, 2.75) is 13.8 Å². The summed E-state index contributed by atoms with van der Waals surface area (Å²) in [5, 5.41) is 0.561. The zero-order valence-corrected chi connectivity index (χ0v) is 10.5. The number of hydrogen-bond donors (Lipinski definition) is 1. The first-order valence-electron chi connectivity index (χ1n) is 5.22. The first-order chi connectivity index (χ1) is 8.06. The highest BCUT2D eigenvalue weighted by Crippen LogP contribution is 2.29. The van der Waals surface area contributed by atoms with Crippen LogP contribution in [0.25, 0.3) is 0 Å². The molecule has 0 fully saturated rings. The predicted octanol–water partition coefficient (Wildman–Crippen LogP) is 3.73. The maximum atomic E-state index is 6.07. The molecule has 88 valence electrons. The average molecular weight is 249 g/mol. The molecule has 0 amide bonds. The number of pyridine rings is 1. The van der Waals surface area contributed by atoms with Gasteiger partial charge < -0.3 is 10.5 Å². The molecule has 17 heavy (non-hydrogen) atoms. The van der Waals surface area contributed by atoms with Crippen LogP contribution < -0.4 is 10.5 Å². The number of aromatic nitrogens is 1. The third-order valence-electron chi connectivity index (χ3n) is 2.42. The van der Waals surface area contributed by atoms with Gasteiger partial charge in [0.1, 0.15) is 5.75 Å². The second kappa shape index (κ2) is 4.63. The molecule has 2 N–H and O–H groups in total. The van der Waals surface area contributed by atoms with Crippen molar-refractivity contribution in [1.82, 2.24) is 4.98 Å². The Balaban J connectivity index is 2.28. The molecule has 0 aliphatic heterocycles. The SMILES string of the molecule is Cc1ccc(Oc2cc(N)c(C)cn2)c(Cl)c1. The van der Waals surface area contributed by atoms with Crippen LogP contribution >= 0.6 is 11.6 Å². The fourth-order valence-corrected chi connectivity index (χ4v) is 1.65. The Bertz CT molecular complexity index is 555. The van der Waals surface area contributed by atoms with Crippen LogP contribution in [0.4, 0.5) is 5.69 Å². The summed E-state index contributed by atoms with van der Waals surface area (Å²) in [6.45, 7) is 3.86. The van der Waals surface area contributed by atoms with Crippen molar-refractivity contribution >= 4 is 17.3 Å². The Morgan fingerprint density at radius 2 is 2.00 bits per heavy atom. The van der Waals surface area contributed by atoms with Gasteiger partial charge in [-0.25, -0.2) is 4.98 Å². The fourth-order valence-electron chi connectivity index (χ4n) is 1.38. The third-order valence-corrected chi connectivity index (χ3v) is 2.72.